The minimum absolute atomic E-state index is 0.0425. The molecule has 2 saturated carbocycles. The van der Waals surface area contributed by atoms with Crippen LogP contribution in [0.1, 0.15) is 39.5 Å². The first-order chi connectivity index (χ1) is 21.6. The van der Waals surface area contributed by atoms with Gasteiger partial charge in [-0.25, -0.2) is 0 Å². The van der Waals surface area contributed by atoms with Crippen molar-refractivity contribution in [3.8, 4) is 5.75 Å². The van der Waals surface area contributed by atoms with Gasteiger partial charge in [0.25, 0.3) is 0 Å². The molecule has 2 amide bonds. The summed E-state index contributed by atoms with van der Waals surface area (Å²) in [6.07, 6.45) is -3.92. The second kappa shape index (κ2) is 10.3. The second-order valence-corrected chi connectivity index (χ2v) is 14.5. The van der Waals surface area contributed by atoms with Crippen molar-refractivity contribution < 1.29 is 27.5 Å². The van der Waals surface area contributed by atoms with Crippen LogP contribution in [0.2, 0.25) is 0 Å². The summed E-state index contributed by atoms with van der Waals surface area (Å²) in [6.45, 7) is 2.39. The lowest BCUT2D eigenvalue weighted by atomic mass is 9.68. The fourth-order valence-electron chi connectivity index (χ4n) is 8.16. The van der Waals surface area contributed by atoms with E-state index in [4.69, 9.17) is 4.74 Å². The molecule has 6 nitrogen and oxygen atoms in total. The van der Waals surface area contributed by atoms with Crippen molar-refractivity contribution in [3.63, 3.8) is 0 Å². The van der Waals surface area contributed by atoms with Crippen molar-refractivity contribution >= 4 is 40.6 Å². The fraction of sp³-hybridized carbons (Fsp3) is 0.324. The number of carbonyl (C=O) groups excluding carboxylic acids is 2. The monoisotopic (exact) mass is 648 g/mol. The fourth-order valence-corrected chi connectivity index (χ4v) is 11.0. The molecule has 4 aromatic rings. The first-order valence-electron chi connectivity index (χ1n) is 14.8. The molecule has 230 valence electrons. The van der Waals surface area contributed by atoms with Crippen LogP contribution in [0.3, 0.4) is 0 Å². The van der Waals surface area contributed by atoms with Crippen LogP contribution in [0.15, 0.2) is 82.6 Å². The predicted octanol–water partition coefficient (Wildman–Crippen LogP) is 7.02. The van der Waals surface area contributed by atoms with Crippen LogP contribution in [0.5, 0.6) is 5.75 Å². The number of rotatable bonds is 5. The average molecular weight is 649 g/mol. The molecule has 8 rings (SSSR count). The van der Waals surface area contributed by atoms with E-state index in [1.807, 2.05) is 55.5 Å². The average Bonchev–Trinajstić information content (AvgIpc) is 3.75. The Morgan fingerprint density at radius 1 is 0.933 bits per heavy atom. The van der Waals surface area contributed by atoms with E-state index in [2.05, 4.69) is 4.98 Å². The lowest BCUT2D eigenvalue weighted by molar-refractivity contribution is -0.137. The maximum Gasteiger partial charge on any atom is 0.416 e. The third kappa shape index (κ3) is 4.49. The first kappa shape index (κ1) is 28.6. The summed E-state index contributed by atoms with van der Waals surface area (Å²) in [5.74, 6) is -2.04. The van der Waals surface area contributed by atoms with Gasteiger partial charge in [-0.1, -0.05) is 65.4 Å². The predicted molar refractivity (Wildman–Crippen MR) is 164 cm³/mol. The number of para-hydroxylation sites is 1. The summed E-state index contributed by atoms with van der Waals surface area (Å²) in [4.78, 5) is 45.3. The van der Waals surface area contributed by atoms with E-state index < -0.39 is 35.4 Å². The number of amides is 2. The normalized spacial score (nSPS) is 28.3. The summed E-state index contributed by atoms with van der Waals surface area (Å²) in [7, 11) is 0. The summed E-state index contributed by atoms with van der Waals surface area (Å²) in [6, 6.07) is 20.3. The van der Waals surface area contributed by atoms with Crippen LogP contribution in [0.4, 0.5) is 18.9 Å². The molecular weight excluding hydrogens is 622 g/mol. The number of aromatic amines is 1. The summed E-state index contributed by atoms with van der Waals surface area (Å²) in [5, 5.41) is 0.725. The molecule has 1 saturated heterocycles. The van der Waals surface area contributed by atoms with Gasteiger partial charge in [-0.3, -0.25) is 19.3 Å². The van der Waals surface area contributed by atoms with E-state index in [0.29, 0.717) is 18.8 Å². The number of hydrogen-bond acceptors (Lipinski definition) is 6. The van der Waals surface area contributed by atoms with Crippen molar-refractivity contribution in [1.82, 2.24) is 4.98 Å². The number of fused-ring (bicyclic) bond motifs is 9. The molecule has 2 aliphatic heterocycles. The van der Waals surface area contributed by atoms with Gasteiger partial charge in [0.1, 0.15) is 12.4 Å². The number of nitrogens with zero attached hydrogens (tertiary/aromatic N) is 1. The summed E-state index contributed by atoms with van der Waals surface area (Å²) in [5.41, 5.74) is 2.15. The second-order valence-electron chi connectivity index (χ2n) is 12.3. The number of hydrogen-bond donors (Lipinski definition) is 1. The van der Waals surface area contributed by atoms with Gasteiger partial charge in [0.05, 0.1) is 28.1 Å². The molecule has 3 aromatic carbocycles. The standard InChI is InChI=1S/C34H27F3N2O4S2/c1-16-9-11-17(12-10-16)15-43-23-8-3-2-7-20(23)24-25-21-14-22(28(25)44-30-29(24)45-33(42)38-30)27-26(21)31(40)39(32(27)41)19-6-4-5-18(13-19)34(35,36)37/h2-13,21-22,24-28H,14-15H2,1H3,(H,38,42)/t21-,22-,24?,25?,26?,27?,28?/m1/s1. The lowest BCUT2D eigenvalue weighted by Crippen LogP contribution is -2.42. The number of carbonyl (C=O) groups is 2. The molecule has 3 heterocycles. The van der Waals surface area contributed by atoms with Gasteiger partial charge in [0.15, 0.2) is 0 Å². The van der Waals surface area contributed by atoms with Gasteiger partial charge in [-0.2, -0.15) is 13.2 Å². The number of aryl methyl sites for hydroxylation is 1. The molecule has 2 bridgehead atoms. The highest BCUT2D eigenvalue weighted by Gasteiger charge is 2.70. The zero-order chi connectivity index (χ0) is 31.2. The molecule has 0 spiro atoms. The van der Waals surface area contributed by atoms with Gasteiger partial charge in [-0.05, 0) is 60.9 Å². The molecule has 4 aliphatic rings. The highest BCUT2D eigenvalue weighted by molar-refractivity contribution is 8.00. The van der Waals surface area contributed by atoms with E-state index in [1.54, 1.807) is 11.8 Å². The summed E-state index contributed by atoms with van der Waals surface area (Å²) >= 11 is 2.73. The maximum absolute atomic E-state index is 14.0. The number of thiazole rings is 1. The Morgan fingerprint density at radius 3 is 2.42 bits per heavy atom. The molecule has 7 atom stereocenters. The van der Waals surface area contributed by atoms with E-state index in [9.17, 15) is 27.6 Å². The Morgan fingerprint density at radius 2 is 1.67 bits per heavy atom. The lowest BCUT2D eigenvalue weighted by Gasteiger charge is -2.43. The van der Waals surface area contributed by atoms with Gasteiger partial charge in [-0.15, -0.1) is 11.8 Å². The molecule has 1 N–H and O–H groups in total. The van der Waals surface area contributed by atoms with Crippen LogP contribution in [0, 0.1) is 36.5 Å². The minimum Gasteiger partial charge on any atom is -0.489 e. The van der Waals surface area contributed by atoms with Crippen molar-refractivity contribution in [1.29, 1.82) is 0 Å². The van der Waals surface area contributed by atoms with Crippen LogP contribution in [0.25, 0.3) is 0 Å². The number of ether oxygens (including phenoxy) is 1. The largest absolute Gasteiger partial charge is 0.489 e. The Labute approximate surface area is 264 Å². The molecule has 0 radical (unpaired) electrons. The highest BCUT2D eigenvalue weighted by atomic mass is 32.2. The van der Waals surface area contributed by atoms with Crippen molar-refractivity contribution in [2.45, 2.75) is 42.3 Å². The number of benzene rings is 3. The van der Waals surface area contributed by atoms with E-state index in [-0.39, 0.29) is 39.5 Å². The number of H-pyrrole nitrogens is 1. The molecule has 2 aliphatic carbocycles. The van der Waals surface area contributed by atoms with Crippen LogP contribution in [-0.4, -0.2) is 22.0 Å². The maximum atomic E-state index is 14.0. The number of anilines is 1. The number of aromatic nitrogens is 1. The number of thioether (sulfide) groups is 1. The highest BCUT2D eigenvalue weighted by Crippen LogP contribution is 2.69. The van der Waals surface area contributed by atoms with Gasteiger partial charge < -0.3 is 9.72 Å². The Hall–Kier alpha value is -3.83. The number of alkyl halides is 3. The van der Waals surface area contributed by atoms with Gasteiger partial charge >= 0.3 is 11.0 Å². The number of halogens is 3. The van der Waals surface area contributed by atoms with Gasteiger partial charge in [0, 0.05) is 21.6 Å². The number of nitrogens with one attached hydrogen (secondary N) is 1. The molecule has 5 unspecified atom stereocenters. The number of imide groups is 1. The molecule has 3 fully saturated rings. The molecule has 1 aromatic heterocycles. The van der Waals surface area contributed by atoms with E-state index >= 15 is 0 Å². The van der Waals surface area contributed by atoms with E-state index in [1.165, 1.54) is 23.5 Å². The minimum atomic E-state index is -4.60. The quantitative estimate of drug-likeness (QED) is 0.236. The van der Waals surface area contributed by atoms with Crippen LogP contribution >= 0.6 is 23.1 Å². The van der Waals surface area contributed by atoms with Crippen LogP contribution in [-0.2, 0) is 22.4 Å². The Balaban J connectivity index is 1.17. The molecule has 11 heteroatoms. The third-order valence-corrected chi connectivity index (χ3v) is 12.5. The topological polar surface area (TPSA) is 79.5 Å². The van der Waals surface area contributed by atoms with Gasteiger partial charge in [0.2, 0.25) is 11.8 Å². The Bertz CT molecular complexity index is 1900. The smallest absolute Gasteiger partial charge is 0.416 e. The van der Waals surface area contributed by atoms with Crippen molar-refractivity contribution in [3.05, 3.63) is 110 Å². The third-order valence-electron chi connectivity index (χ3n) is 9.92. The zero-order valence-corrected chi connectivity index (χ0v) is 25.5. The molecule has 45 heavy (non-hydrogen) atoms. The van der Waals surface area contributed by atoms with Crippen molar-refractivity contribution in [2.24, 2.45) is 29.6 Å². The first-order valence-corrected chi connectivity index (χ1v) is 16.5. The van der Waals surface area contributed by atoms with Crippen LogP contribution < -0.4 is 14.5 Å². The van der Waals surface area contributed by atoms with E-state index in [0.717, 1.165) is 43.6 Å². The summed E-state index contributed by atoms with van der Waals surface area (Å²) < 4.78 is 47.0. The molecular formula is C34H27F3N2O4S2. The Kier molecular flexibility index (Phi) is 6.58. The zero-order valence-electron chi connectivity index (χ0n) is 23.9. The SMILES string of the molecule is Cc1ccc(COc2ccccc2C2c3sc(=O)[nH]c3SC3C2[C@H]2C[C@@H]3C3C(=O)N(c4cccc(C(F)(F)F)c4)C(=O)C32)cc1. The van der Waals surface area contributed by atoms with Crippen molar-refractivity contribution in [2.75, 3.05) is 4.90 Å².